The first-order valence-electron chi connectivity index (χ1n) is 7.65. The minimum absolute atomic E-state index is 0.0746. The first kappa shape index (κ1) is 17.2. The van der Waals surface area contributed by atoms with Gasteiger partial charge in [-0.25, -0.2) is 4.79 Å². The van der Waals surface area contributed by atoms with Crippen LogP contribution in [0.15, 0.2) is 27.3 Å². The molecule has 0 bridgehead atoms. The number of ether oxygens (including phenoxy) is 1. The van der Waals surface area contributed by atoms with Crippen LogP contribution in [0.3, 0.4) is 0 Å². The van der Waals surface area contributed by atoms with Crippen LogP contribution in [0, 0.1) is 17.3 Å². The van der Waals surface area contributed by atoms with Crippen molar-refractivity contribution in [3.63, 3.8) is 0 Å². The van der Waals surface area contributed by atoms with E-state index in [2.05, 4.69) is 6.08 Å². The van der Waals surface area contributed by atoms with Crippen LogP contribution in [-0.4, -0.2) is 15.1 Å². The molecule has 0 spiro atoms. The zero-order valence-electron chi connectivity index (χ0n) is 14.5. The summed E-state index contributed by atoms with van der Waals surface area (Å²) in [5.41, 5.74) is 0.606. The summed E-state index contributed by atoms with van der Waals surface area (Å²) in [6.45, 7) is 8.02. The molecule has 1 aromatic heterocycles. The van der Waals surface area contributed by atoms with Gasteiger partial charge in [-0.3, -0.25) is 18.7 Å². The average molecular weight is 320 g/mol. The molecule has 6 nitrogen and oxygen atoms in total. The fraction of sp³-hybridized carbons (Fsp3) is 0.588. The molecule has 1 heterocycles. The molecular formula is C17H24N2O4. The smallest absolute Gasteiger partial charge is 0.330 e. The number of esters is 1. The van der Waals surface area contributed by atoms with Crippen molar-refractivity contribution < 1.29 is 9.53 Å². The second-order valence-electron chi connectivity index (χ2n) is 7.05. The van der Waals surface area contributed by atoms with Gasteiger partial charge in [0.1, 0.15) is 6.61 Å². The van der Waals surface area contributed by atoms with Crippen molar-refractivity contribution in [1.29, 1.82) is 0 Å². The molecule has 6 heteroatoms. The quantitative estimate of drug-likeness (QED) is 0.620. The Morgan fingerprint density at radius 2 is 1.87 bits per heavy atom. The summed E-state index contributed by atoms with van der Waals surface area (Å²) < 4.78 is 7.69. The number of hydrogen-bond acceptors (Lipinski definition) is 4. The van der Waals surface area contributed by atoms with Gasteiger partial charge in [-0.05, 0) is 25.2 Å². The fourth-order valence-electron chi connectivity index (χ4n) is 2.95. The first-order valence-corrected chi connectivity index (χ1v) is 7.65. The summed E-state index contributed by atoms with van der Waals surface area (Å²) in [5, 5.41) is 0. The SMILES string of the molecule is CC(C)=C[C@@H]1[C@H](C(=O)OCc2cc(=O)n(C)c(=O)n2C)C1(C)C. The summed E-state index contributed by atoms with van der Waals surface area (Å²) in [6.07, 6.45) is 2.10. The van der Waals surface area contributed by atoms with Gasteiger partial charge >= 0.3 is 11.7 Å². The van der Waals surface area contributed by atoms with Crippen molar-refractivity contribution in [1.82, 2.24) is 9.13 Å². The van der Waals surface area contributed by atoms with Crippen LogP contribution in [0.25, 0.3) is 0 Å². The minimum atomic E-state index is -0.433. The molecule has 0 radical (unpaired) electrons. The summed E-state index contributed by atoms with van der Waals surface area (Å²) in [7, 11) is 2.97. The van der Waals surface area contributed by atoms with Crippen LogP contribution in [0.4, 0.5) is 0 Å². The lowest BCUT2D eigenvalue weighted by molar-refractivity contribution is -0.147. The number of nitrogens with zero attached hydrogens (tertiary/aromatic N) is 2. The van der Waals surface area contributed by atoms with E-state index in [9.17, 15) is 14.4 Å². The molecule has 23 heavy (non-hydrogen) atoms. The van der Waals surface area contributed by atoms with Gasteiger partial charge in [0, 0.05) is 20.2 Å². The van der Waals surface area contributed by atoms with Gasteiger partial charge in [-0.1, -0.05) is 25.5 Å². The number of allylic oxidation sites excluding steroid dienone is 2. The molecule has 2 rings (SSSR count). The third kappa shape index (κ3) is 3.16. The zero-order valence-corrected chi connectivity index (χ0v) is 14.5. The molecule has 1 aromatic rings. The predicted molar refractivity (Wildman–Crippen MR) is 86.9 cm³/mol. The Hall–Kier alpha value is -2.11. The molecule has 1 saturated carbocycles. The van der Waals surface area contributed by atoms with Crippen molar-refractivity contribution in [2.75, 3.05) is 0 Å². The van der Waals surface area contributed by atoms with Crippen molar-refractivity contribution >= 4 is 5.97 Å². The Labute approximate surface area is 135 Å². The molecule has 0 aromatic carbocycles. The van der Waals surface area contributed by atoms with Gasteiger partial charge in [0.05, 0.1) is 11.6 Å². The van der Waals surface area contributed by atoms with E-state index < -0.39 is 11.2 Å². The Morgan fingerprint density at radius 1 is 1.26 bits per heavy atom. The molecule has 1 fully saturated rings. The number of carbonyl (C=O) groups excluding carboxylic acids is 1. The van der Waals surface area contributed by atoms with Crippen LogP contribution in [-0.2, 0) is 30.2 Å². The summed E-state index contributed by atoms with van der Waals surface area (Å²) in [4.78, 5) is 35.8. The van der Waals surface area contributed by atoms with Crippen molar-refractivity contribution in [2.45, 2.75) is 34.3 Å². The minimum Gasteiger partial charge on any atom is -0.459 e. The highest BCUT2D eigenvalue weighted by molar-refractivity contribution is 5.78. The van der Waals surface area contributed by atoms with E-state index in [4.69, 9.17) is 4.74 Å². The average Bonchev–Trinajstić information content (AvgIpc) is 2.99. The first-order chi connectivity index (χ1) is 10.6. The summed E-state index contributed by atoms with van der Waals surface area (Å²) >= 11 is 0. The van der Waals surface area contributed by atoms with E-state index in [1.165, 1.54) is 23.3 Å². The maximum atomic E-state index is 12.3. The summed E-state index contributed by atoms with van der Waals surface area (Å²) in [5.74, 6) is -0.293. The Bertz CT molecular complexity index is 779. The number of hydrogen-bond donors (Lipinski definition) is 0. The van der Waals surface area contributed by atoms with E-state index in [1.54, 1.807) is 7.05 Å². The second kappa shape index (κ2) is 5.83. The monoisotopic (exact) mass is 320 g/mol. The van der Waals surface area contributed by atoms with E-state index in [-0.39, 0.29) is 29.8 Å². The van der Waals surface area contributed by atoms with Gasteiger partial charge in [-0.15, -0.1) is 0 Å². The van der Waals surface area contributed by atoms with Gasteiger partial charge in [0.25, 0.3) is 5.56 Å². The Kier molecular flexibility index (Phi) is 4.37. The van der Waals surface area contributed by atoms with E-state index in [1.807, 2.05) is 27.7 Å². The molecule has 0 unspecified atom stereocenters. The molecular weight excluding hydrogens is 296 g/mol. The molecule has 126 valence electrons. The standard InChI is InChI=1S/C17H24N2O4/c1-10(2)7-12-14(17(12,3)4)15(21)23-9-11-8-13(20)19(6)16(22)18(11)5/h7-8,12,14H,9H2,1-6H3/t12-,14-/m1/s1. The maximum absolute atomic E-state index is 12.3. The third-order valence-electron chi connectivity index (χ3n) is 4.67. The van der Waals surface area contributed by atoms with Crippen LogP contribution < -0.4 is 11.2 Å². The van der Waals surface area contributed by atoms with E-state index in [0.29, 0.717) is 5.69 Å². The maximum Gasteiger partial charge on any atom is 0.330 e. The third-order valence-corrected chi connectivity index (χ3v) is 4.67. The normalized spacial score (nSPS) is 21.7. The Balaban J connectivity index is 2.11. The zero-order chi connectivity index (χ0) is 17.5. The Morgan fingerprint density at radius 3 is 2.43 bits per heavy atom. The molecule has 1 aliphatic rings. The van der Waals surface area contributed by atoms with Gasteiger partial charge in [0.2, 0.25) is 0 Å². The molecule has 0 aliphatic heterocycles. The highest BCUT2D eigenvalue weighted by Crippen LogP contribution is 2.59. The highest BCUT2D eigenvalue weighted by Gasteiger charge is 2.61. The van der Waals surface area contributed by atoms with Crippen LogP contribution >= 0.6 is 0 Å². The molecule has 2 atom stereocenters. The molecule has 1 aliphatic carbocycles. The number of rotatable bonds is 4. The molecule has 0 saturated heterocycles. The van der Waals surface area contributed by atoms with Crippen molar-refractivity contribution in [2.24, 2.45) is 31.3 Å². The topological polar surface area (TPSA) is 70.3 Å². The van der Waals surface area contributed by atoms with Gasteiger partial charge in [0.15, 0.2) is 0 Å². The largest absolute Gasteiger partial charge is 0.459 e. The van der Waals surface area contributed by atoms with Crippen molar-refractivity contribution in [3.8, 4) is 0 Å². The van der Waals surface area contributed by atoms with Crippen LogP contribution in [0.5, 0.6) is 0 Å². The lowest BCUT2D eigenvalue weighted by atomic mass is 10.1. The second-order valence-corrected chi connectivity index (χ2v) is 7.05. The fourth-order valence-corrected chi connectivity index (χ4v) is 2.95. The molecule has 0 amide bonds. The summed E-state index contributed by atoms with van der Waals surface area (Å²) in [6, 6.07) is 1.32. The number of carbonyl (C=O) groups is 1. The highest BCUT2D eigenvalue weighted by atomic mass is 16.5. The molecule has 0 N–H and O–H groups in total. The predicted octanol–water partition coefficient (Wildman–Crippen LogP) is 1.37. The van der Waals surface area contributed by atoms with Gasteiger partial charge in [-0.2, -0.15) is 0 Å². The lowest BCUT2D eigenvalue weighted by Gasteiger charge is -2.10. The van der Waals surface area contributed by atoms with Gasteiger partial charge < -0.3 is 4.74 Å². The van der Waals surface area contributed by atoms with Crippen LogP contribution in [0.2, 0.25) is 0 Å². The van der Waals surface area contributed by atoms with E-state index >= 15 is 0 Å². The lowest BCUT2D eigenvalue weighted by Crippen LogP contribution is -2.38. The van der Waals surface area contributed by atoms with Crippen molar-refractivity contribution in [3.05, 3.63) is 44.2 Å². The van der Waals surface area contributed by atoms with E-state index in [0.717, 1.165) is 4.57 Å². The van der Waals surface area contributed by atoms with Crippen LogP contribution in [0.1, 0.15) is 33.4 Å². The number of aromatic nitrogens is 2.